The Morgan fingerprint density at radius 1 is 1.21 bits per heavy atom. The van der Waals surface area contributed by atoms with E-state index >= 15 is 0 Å². The Hall–Kier alpha value is -1.91. The maximum Gasteiger partial charge on any atom is 0.211 e. The van der Waals surface area contributed by atoms with E-state index in [2.05, 4.69) is 5.10 Å². The zero-order valence-electron chi connectivity index (χ0n) is 7.11. The molecule has 72 valence electrons. The van der Waals surface area contributed by atoms with Crippen LogP contribution in [0.1, 0.15) is 5.56 Å². The van der Waals surface area contributed by atoms with Crippen LogP contribution in [0.4, 0.5) is 8.87 Å². The topological polar surface area (TPSA) is 27.6 Å². The van der Waals surface area contributed by atoms with Crippen LogP contribution in [-0.4, -0.2) is 11.1 Å². The van der Waals surface area contributed by atoms with Crippen molar-refractivity contribution in [3.8, 4) is 0 Å². The molecule has 1 aromatic carbocycles. The molecule has 1 heterocycles. The molecule has 14 heavy (non-hydrogen) atoms. The minimum absolute atomic E-state index is 0.155. The fraction of sp³-hybridized carbons (Fsp3) is 0. The lowest BCUT2D eigenvalue weighted by Crippen LogP contribution is -2.29. The Morgan fingerprint density at radius 3 is 2.57 bits per heavy atom. The molecule has 0 saturated carbocycles. The van der Waals surface area contributed by atoms with Crippen LogP contribution in [0.5, 0.6) is 0 Å². The molecular weight excluding hydrogens is 188 g/mol. The first-order valence-electron chi connectivity index (χ1n) is 3.99. The summed E-state index contributed by atoms with van der Waals surface area (Å²) in [6.07, 6.45) is 1.13. The third-order valence-corrected chi connectivity index (χ3v) is 1.73. The van der Waals surface area contributed by atoms with Crippen molar-refractivity contribution in [1.82, 2.24) is 10.8 Å². The van der Waals surface area contributed by atoms with Gasteiger partial charge in [-0.25, -0.2) is 5.43 Å². The zero-order valence-corrected chi connectivity index (χ0v) is 7.11. The highest BCUT2D eigenvalue weighted by Crippen LogP contribution is 2.10. The van der Waals surface area contributed by atoms with E-state index < -0.39 is 5.95 Å². The fourth-order valence-electron chi connectivity index (χ4n) is 1.14. The number of rotatable bonds is 1. The molecule has 0 bridgehead atoms. The number of benzene rings is 1. The number of hydrogen-bond donors (Lipinski definition) is 1. The smallest absolute Gasteiger partial charge is 0.211 e. The lowest BCUT2D eigenvalue weighted by atomic mass is 10.1. The number of nitrogens with zero attached hydrogens (tertiary/aromatic N) is 2. The minimum Gasteiger partial charge on any atom is -0.227 e. The zero-order chi connectivity index (χ0) is 9.97. The molecule has 1 aromatic rings. The highest BCUT2D eigenvalue weighted by molar-refractivity contribution is 6.08. The molecule has 0 aliphatic carbocycles. The van der Waals surface area contributed by atoms with Crippen LogP contribution in [0.25, 0.3) is 0 Å². The van der Waals surface area contributed by atoms with Gasteiger partial charge in [-0.1, -0.05) is 34.8 Å². The SMILES string of the molecule is FC1=CC(c2ccccc2)=NN(F)N1. The van der Waals surface area contributed by atoms with Gasteiger partial charge in [0.1, 0.15) is 0 Å². The van der Waals surface area contributed by atoms with Gasteiger partial charge in [0.2, 0.25) is 5.95 Å². The predicted octanol–water partition coefficient (Wildman–Crippen LogP) is 1.91. The third-order valence-electron chi connectivity index (χ3n) is 1.73. The van der Waals surface area contributed by atoms with Crippen LogP contribution in [-0.2, 0) is 0 Å². The number of nitrogens with one attached hydrogen (secondary N) is 1. The van der Waals surface area contributed by atoms with Gasteiger partial charge >= 0.3 is 0 Å². The van der Waals surface area contributed by atoms with Crippen molar-refractivity contribution in [2.24, 2.45) is 5.10 Å². The monoisotopic (exact) mass is 195 g/mol. The van der Waals surface area contributed by atoms with Gasteiger partial charge in [-0.3, -0.25) is 0 Å². The second-order valence-corrected chi connectivity index (χ2v) is 2.72. The quantitative estimate of drug-likeness (QED) is 0.547. The Bertz CT molecular complexity index is 386. The van der Waals surface area contributed by atoms with Crippen LogP contribution in [0.15, 0.2) is 47.5 Å². The van der Waals surface area contributed by atoms with Crippen LogP contribution in [0.2, 0.25) is 0 Å². The maximum atomic E-state index is 12.8. The Morgan fingerprint density at radius 2 is 1.93 bits per heavy atom. The molecule has 1 aliphatic rings. The minimum atomic E-state index is -0.777. The molecule has 0 aromatic heterocycles. The van der Waals surface area contributed by atoms with E-state index in [9.17, 15) is 8.87 Å². The summed E-state index contributed by atoms with van der Waals surface area (Å²) in [5.74, 6) is -0.777. The first-order valence-corrected chi connectivity index (χ1v) is 3.99. The van der Waals surface area contributed by atoms with Crippen LogP contribution in [0, 0.1) is 0 Å². The van der Waals surface area contributed by atoms with E-state index in [0.29, 0.717) is 5.56 Å². The van der Waals surface area contributed by atoms with Crippen molar-refractivity contribution >= 4 is 5.71 Å². The average molecular weight is 195 g/mol. The van der Waals surface area contributed by atoms with Crippen molar-refractivity contribution < 1.29 is 8.87 Å². The number of hydrazine groups is 1. The van der Waals surface area contributed by atoms with Crippen molar-refractivity contribution in [3.63, 3.8) is 0 Å². The van der Waals surface area contributed by atoms with Crippen molar-refractivity contribution in [2.75, 3.05) is 0 Å². The summed E-state index contributed by atoms with van der Waals surface area (Å²) in [4.78, 5) is 0. The lowest BCUT2D eigenvalue weighted by Gasteiger charge is -2.14. The molecular formula is C9H7F2N3. The predicted molar refractivity (Wildman–Crippen MR) is 48.3 cm³/mol. The highest BCUT2D eigenvalue weighted by Gasteiger charge is 2.12. The normalized spacial score (nSPS) is 15.7. The standard InChI is InChI=1S/C9H7F2N3/c10-9-6-8(12-14(11)13-9)7-4-2-1-3-5-7/h1-6,13H. The summed E-state index contributed by atoms with van der Waals surface area (Å²) < 4.78 is 25.4. The number of halogens is 2. The Balaban J connectivity index is 2.36. The van der Waals surface area contributed by atoms with E-state index in [0.717, 1.165) is 6.08 Å². The van der Waals surface area contributed by atoms with Gasteiger partial charge in [0.15, 0.2) is 0 Å². The van der Waals surface area contributed by atoms with Gasteiger partial charge in [-0.05, 0) is 5.34 Å². The molecule has 2 rings (SSSR count). The lowest BCUT2D eigenvalue weighted by molar-refractivity contribution is -0.0273. The van der Waals surface area contributed by atoms with Crippen LogP contribution >= 0.6 is 0 Å². The van der Waals surface area contributed by atoms with Crippen molar-refractivity contribution in [2.45, 2.75) is 0 Å². The molecule has 0 spiro atoms. The summed E-state index contributed by atoms with van der Waals surface area (Å²) in [6.45, 7) is 0. The van der Waals surface area contributed by atoms with Gasteiger partial charge in [0.25, 0.3) is 0 Å². The van der Waals surface area contributed by atoms with Gasteiger partial charge in [0.05, 0.1) is 5.71 Å². The number of allylic oxidation sites excluding steroid dienone is 1. The van der Waals surface area contributed by atoms with Crippen molar-refractivity contribution in [1.29, 1.82) is 0 Å². The van der Waals surface area contributed by atoms with E-state index in [1.807, 2.05) is 6.07 Å². The van der Waals surface area contributed by atoms with Gasteiger partial charge in [-0.2, -0.15) is 4.39 Å². The fourth-order valence-corrected chi connectivity index (χ4v) is 1.14. The van der Waals surface area contributed by atoms with Gasteiger partial charge in [-0.15, -0.1) is 5.10 Å². The molecule has 0 unspecified atom stereocenters. The summed E-state index contributed by atoms with van der Waals surface area (Å²) >= 11 is 0. The average Bonchev–Trinajstić information content (AvgIpc) is 2.18. The summed E-state index contributed by atoms with van der Waals surface area (Å²) in [5, 5.41) is 3.30. The third kappa shape index (κ3) is 1.71. The highest BCUT2D eigenvalue weighted by atomic mass is 19.2. The Labute approximate surface area is 79.2 Å². The van der Waals surface area contributed by atoms with Gasteiger partial charge < -0.3 is 0 Å². The van der Waals surface area contributed by atoms with Crippen LogP contribution in [0.3, 0.4) is 0 Å². The number of hydrazone groups is 1. The first-order chi connectivity index (χ1) is 6.75. The summed E-state index contributed by atoms with van der Waals surface area (Å²) in [6, 6.07) is 8.81. The number of hydrogen-bond acceptors (Lipinski definition) is 3. The van der Waals surface area contributed by atoms with E-state index in [4.69, 9.17) is 0 Å². The largest absolute Gasteiger partial charge is 0.227 e. The van der Waals surface area contributed by atoms with Gasteiger partial charge in [0, 0.05) is 11.6 Å². The second kappa shape index (κ2) is 3.45. The van der Waals surface area contributed by atoms with E-state index in [-0.39, 0.29) is 11.1 Å². The van der Waals surface area contributed by atoms with E-state index in [1.54, 1.807) is 29.7 Å². The molecule has 1 aliphatic heterocycles. The first kappa shape index (κ1) is 8.68. The molecule has 0 saturated heterocycles. The summed E-state index contributed by atoms with van der Waals surface area (Å²) in [5.41, 5.74) is 2.65. The molecule has 0 radical (unpaired) electrons. The Kier molecular flexibility index (Phi) is 2.14. The molecule has 3 nitrogen and oxygen atoms in total. The van der Waals surface area contributed by atoms with Crippen LogP contribution < -0.4 is 5.43 Å². The summed E-state index contributed by atoms with van der Waals surface area (Å²) in [7, 11) is 0. The van der Waals surface area contributed by atoms with E-state index in [1.165, 1.54) is 0 Å². The second-order valence-electron chi connectivity index (χ2n) is 2.72. The maximum absolute atomic E-state index is 12.8. The molecule has 0 amide bonds. The molecule has 1 N–H and O–H groups in total. The van der Waals surface area contributed by atoms with Crippen molar-refractivity contribution in [3.05, 3.63) is 47.9 Å². The molecule has 0 atom stereocenters. The molecule has 0 fully saturated rings. The molecule has 5 heteroatoms.